The lowest BCUT2D eigenvalue weighted by Crippen LogP contribution is -2.49. The Balaban J connectivity index is 2.03. The van der Waals surface area contributed by atoms with Gasteiger partial charge in [0.2, 0.25) is 0 Å². The lowest BCUT2D eigenvalue weighted by molar-refractivity contribution is -0.0930. The van der Waals surface area contributed by atoms with Crippen LogP contribution in [0.3, 0.4) is 0 Å². The summed E-state index contributed by atoms with van der Waals surface area (Å²) in [6.45, 7) is 6.67. The molecular formula is C15H32N3O5P. The topological polar surface area (TPSA) is 74.7 Å². The minimum absolute atomic E-state index is 0.0949. The molecule has 0 aliphatic carbocycles. The van der Waals surface area contributed by atoms with Crippen LogP contribution in [0.1, 0.15) is 13.8 Å². The molecule has 0 saturated carbocycles. The van der Waals surface area contributed by atoms with Crippen molar-refractivity contribution in [3.8, 4) is 0 Å². The fraction of sp³-hybridized carbons (Fsp3) is 1.00. The molecule has 0 aromatic carbocycles. The molecule has 1 N–H and O–H groups in total. The maximum Gasteiger partial charge on any atom is 0.345 e. The van der Waals surface area contributed by atoms with Crippen molar-refractivity contribution in [2.75, 3.05) is 60.5 Å². The van der Waals surface area contributed by atoms with Gasteiger partial charge >= 0.3 is 7.67 Å². The van der Waals surface area contributed by atoms with Crippen LogP contribution in [-0.2, 0) is 18.6 Å². The largest absolute Gasteiger partial charge is 0.394 e. The first-order chi connectivity index (χ1) is 11.2. The average molecular weight is 365 g/mol. The van der Waals surface area contributed by atoms with Crippen LogP contribution in [0.5, 0.6) is 0 Å². The fourth-order valence-electron chi connectivity index (χ4n) is 3.33. The molecule has 0 bridgehead atoms. The van der Waals surface area contributed by atoms with Crippen molar-refractivity contribution in [2.24, 2.45) is 0 Å². The van der Waals surface area contributed by atoms with Gasteiger partial charge in [-0.2, -0.15) is 0 Å². The molecule has 2 fully saturated rings. The standard InChI is InChI=1S/C15H32N3O5P/c1-12-6-17(5)8-15(23-12)11-21-24(20,16(3)4)18-7-13(2)22-14(9-18)10-19/h12-15,19H,6-11H2,1-5H3/t12-,13-,14-,15-,24?/m0/s1. The van der Waals surface area contributed by atoms with Crippen molar-refractivity contribution >= 4 is 7.67 Å². The number of hydrogen-bond donors (Lipinski definition) is 1. The van der Waals surface area contributed by atoms with Crippen molar-refractivity contribution in [3.05, 3.63) is 0 Å². The fourth-order valence-corrected chi connectivity index (χ4v) is 5.41. The normalized spacial score (nSPS) is 36.0. The first-order valence-electron chi connectivity index (χ1n) is 8.52. The number of aliphatic hydroxyl groups excluding tert-OH is 1. The van der Waals surface area contributed by atoms with Crippen LogP contribution in [0.4, 0.5) is 0 Å². The number of nitrogens with zero attached hydrogens (tertiary/aromatic N) is 3. The predicted molar refractivity (Wildman–Crippen MR) is 92.1 cm³/mol. The zero-order valence-electron chi connectivity index (χ0n) is 15.4. The summed E-state index contributed by atoms with van der Waals surface area (Å²) in [7, 11) is 2.38. The zero-order chi connectivity index (χ0) is 17.9. The molecule has 2 saturated heterocycles. The molecule has 5 atom stereocenters. The first kappa shape index (κ1) is 20.3. The van der Waals surface area contributed by atoms with E-state index in [0.717, 1.165) is 13.1 Å². The van der Waals surface area contributed by atoms with E-state index in [1.54, 1.807) is 23.4 Å². The lowest BCUT2D eigenvalue weighted by Gasteiger charge is -2.42. The second kappa shape index (κ2) is 8.56. The van der Waals surface area contributed by atoms with E-state index >= 15 is 0 Å². The third-order valence-corrected chi connectivity index (χ3v) is 6.85. The van der Waals surface area contributed by atoms with Gasteiger partial charge in [0.05, 0.1) is 37.6 Å². The number of morpholine rings is 2. The molecule has 0 aromatic rings. The Morgan fingerprint density at radius 3 is 2.33 bits per heavy atom. The first-order valence-corrected chi connectivity index (χ1v) is 10.1. The molecule has 2 rings (SSSR count). The third kappa shape index (κ3) is 4.99. The van der Waals surface area contributed by atoms with Gasteiger partial charge in [0.1, 0.15) is 0 Å². The lowest BCUT2D eigenvalue weighted by atomic mass is 10.2. The second-order valence-electron chi connectivity index (χ2n) is 7.05. The van der Waals surface area contributed by atoms with E-state index in [1.807, 2.05) is 20.9 Å². The maximum absolute atomic E-state index is 13.5. The summed E-state index contributed by atoms with van der Waals surface area (Å²) in [4.78, 5) is 2.20. The minimum Gasteiger partial charge on any atom is -0.394 e. The highest BCUT2D eigenvalue weighted by Gasteiger charge is 2.41. The average Bonchev–Trinajstić information content (AvgIpc) is 2.50. The van der Waals surface area contributed by atoms with Gasteiger partial charge in [-0.3, -0.25) is 4.57 Å². The quantitative estimate of drug-likeness (QED) is 0.681. The van der Waals surface area contributed by atoms with Crippen molar-refractivity contribution in [1.82, 2.24) is 14.2 Å². The molecular weight excluding hydrogens is 333 g/mol. The molecule has 24 heavy (non-hydrogen) atoms. The molecule has 8 nitrogen and oxygen atoms in total. The minimum atomic E-state index is -3.18. The van der Waals surface area contributed by atoms with E-state index < -0.39 is 7.67 Å². The Hall–Kier alpha value is -0.0500. The van der Waals surface area contributed by atoms with Gasteiger partial charge in [-0.1, -0.05) is 0 Å². The summed E-state index contributed by atoms with van der Waals surface area (Å²) >= 11 is 0. The molecule has 0 aromatic heterocycles. The predicted octanol–water partition coefficient (Wildman–Crippen LogP) is 0.473. The van der Waals surface area contributed by atoms with Crippen molar-refractivity contribution in [2.45, 2.75) is 38.3 Å². The van der Waals surface area contributed by atoms with Gasteiger partial charge in [0, 0.05) is 26.2 Å². The number of ether oxygens (including phenoxy) is 2. The van der Waals surface area contributed by atoms with Gasteiger partial charge in [-0.15, -0.1) is 0 Å². The molecule has 2 aliphatic heterocycles. The Morgan fingerprint density at radius 2 is 1.75 bits per heavy atom. The molecule has 0 amide bonds. The van der Waals surface area contributed by atoms with Crippen LogP contribution in [0, 0.1) is 0 Å². The summed E-state index contributed by atoms with van der Waals surface area (Å²) in [6.07, 6.45) is -0.412. The van der Waals surface area contributed by atoms with Crippen LogP contribution in [-0.4, -0.2) is 104 Å². The molecule has 2 aliphatic rings. The van der Waals surface area contributed by atoms with Crippen LogP contribution in [0.25, 0.3) is 0 Å². The Morgan fingerprint density at radius 1 is 1.12 bits per heavy atom. The highest BCUT2D eigenvalue weighted by Crippen LogP contribution is 2.53. The smallest absolute Gasteiger partial charge is 0.345 e. The summed E-state index contributed by atoms with van der Waals surface area (Å²) in [5, 5.41) is 9.40. The van der Waals surface area contributed by atoms with Gasteiger partial charge < -0.3 is 24.0 Å². The molecule has 142 valence electrons. The van der Waals surface area contributed by atoms with Crippen LogP contribution < -0.4 is 0 Å². The highest BCUT2D eigenvalue weighted by molar-refractivity contribution is 7.53. The van der Waals surface area contributed by atoms with Crippen molar-refractivity contribution in [3.63, 3.8) is 0 Å². The third-order valence-electron chi connectivity index (χ3n) is 4.31. The van der Waals surface area contributed by atoms with E-state index in [9.17, 15) is 9.67 Å². The summed E-state index contributed by atoms with van der Waals surface area (Å²) in [5.74, 6) is 0. The Bertz CT molecular complexity index is 443. The summed E-state index contributed by atoms with van der Waals surface area (Å²) in [6, 6.07) is 0. The number of rotatable bonds is 6. The van der Waals surface area contributed by atoms with E-state index in [2.05, 4.69) is 4.90 Å². The Labute approximate surface area is 145 Å². The second-order valence-corrected chi connectivity index (χ2v) is 9.65. The highest BCUT2D eigenvalue weighted by atomic mass is 31.2. The number of aliphatic hydroxyl groups is 1. The Kier molecular flexibility index (Phi) is 7.22. The summed E-state index contributed by atoms with van der Waals surface area (Å²) in [5.41, 5.74) is 0. The SMILES string of the molecule is C[C@H]1CN(C)C[C@@H](COP(=O)(N(C)C)N2C[C@@H](CO)O[C@@H](C)C2)O1. The van der Waals surface area contributed by atoms with E-state index in [1.165, 1.54) is 0 Å². The van der Waals surface area contributed by atoms with Crippen LogP contribution in [0.15, 0.2) is 0 Å². The number of hydrogen-bond acceptors (Lipinski definition) is 6. The maximum atomic E-state index is 13.5. The van der Waals surface area contributed by atoms with Crippen molar-refractivity contribution in [1.29, 1.82) is 0 Å². The van der Waals surface area contributed by atoms with Crippen LogP contribution in [0.2, 0.25) is 0 Å². The van der Waals surface area contributed by atoms with Gasteiger partial charge in [-0.05, 0) is 35.0 Å². The van der Waals surface area contributed by atoms with E-state index in [4.69, 9.17) is 14.0 Å². The van der Waals surface area contributed by atoms with Gasteiger partial charge in [0.15, 0.2) is 0 Å². The molecule has 2 heterocycles. The van der Waals surface area contributed by atoms with Crippen LogP contribution >= 0.6 is 7.67 Å². The van der Waals surface area contributed by atoms with Gasteiger partial charge in [-0.25, -0.2) is 9.34 Å². The van der Waals surface area contributed by atoms with Gasteiger partial charge in [0.25, 0.3) is 0 Å². The van der Waals surface area contributed by atoms with Crippen molar-refractivity contribution < 1.29 is 23.7 Å². The van der Waals surface area contributed by atoms with E-state index in [0.29, 0.717) is 13.1 Å². The molecule has 0 radical (unpaired) electrons. The molecule has 0 spiro atoms. The number of likely N-dealkylation sites (N-methyl/N-ethyl adjacent to an activating group) is 1. The molecule has 1 unspecified atom stereocenters. The molecule has 9 heteroatoms. The summed E-state index contributed by atoms with van der Waals surface area (Å²) < 4.78 is 34.4. The van der Waals surface area contributed by atoms with E-state index in [-0.39, 0.29) is 37.6 Å². The zero-order valence-corrected chi connectivity index (χ0v) is 16.3. The monoisotopic (exact) mass is 365 g/mol.